The maximum Gasteiger partial charge on any atom is 0.242 e. The highest BCUT2D eigenvalue weighted by Gasteiger charge is 2.35. The van der Waals surface area contributed by atoms with Crippen molar-refractivity contribution < 1.29 is 9.90 Å². The summed E-state index contributed by atoms with van der Waals surface area (Å²) in [7, 11) is 0. The van der Waals surface area contributed by atoms with Crippen molar-refractivity contribution in [2.24, 2.45) is 0 Å². The van der Waals surface area contributed by atoms with E-state index in [4.69, 9.17) is 0 Å². The first-order chi connectivity index (χ1) is 8.66. The zero-order valence-corrected chi connectivity index (χ0v) is 10.3. The second-order valence-corrected chi connectivity index (χ2v) is 5.35. The number of benzene rings is 1. The van der Waals surface area contributed by atoms with Gasteiger partial charge in [-0.3, -0.25) is 4.79 Å². The minimum atomic E-state index is -0.652. The number of aliphatic hydroxyl groups is 1. The average molecular weight is 246 g/mol. The smallest absolute Gasteiger partial charge is 0.242 e. The molecule has 4 heteroatoms. The number of para-hydroxylation sites is 1. The van der Waals surface area contributed by atoms with Crippen molar-refractivity contribution >= 4 is 11.6 Å². The van der Waals surface area contributed by atoms with Gasteiger partial charge in [-0.2, -0.15) is 0 Å². The van der Waals surface area contributed by atoms with Crippen LogP contribution >= 0.6 is 0 Å². The molecule has 1 aliphatic carbocycles. The Morgan fingerprint density at radius 1 is 1.44 bits per heavy atom. The molecule has 1 aromatic rings. The van der Waals surface area contributed by atoms with Crippen molar-refractivity contribution in [2.45, 2.75) is 37.3 Å². The highest BCUT2D eigenvalue weighted by molar-refractivity contribution is 5.87. The third kappa shape index (κ3) is 2.08. The molecule has 0 saturated heterocycles. The molecule has 0 aromatic heterocycles. The predicted molar refractivity (Wildman–Crippen MR) is 69.4 cm³/mol. The molecule has 1 atom stereocenters. The van der Waals surface area contributed by atoms with Crippen molar-refractivity contribution in [1.82, 2.24) is 5.32 Å². The lowest BCUT2D eigenvalue weighted by Gasteiger charge is -2.36. The molecule has 1 fully saturated rings. The fourth-order valence-corrected chi connectivity index (χ4v) is 2.59. The summed E-state index contributed by atoms with van der Waals surface area (Å²) in [4.78, 5) is 12.0. The molecule has 96 valence electrons. The molecule has 18 heavy (non-hydrogen) atoms. The number of fused-ring (bicyclic) bond motifs is 1. The lowest BCUT2D eigenvalue weighted by atomic mass is 9.80. The largest absolute Gasteiger partial charge is 0.388 e. The van der Waals surface area contributed by atoms with E-state index in [1.165, 1.54) is 5.56 Å². The van der Waals surface area contributed by atoms with Gasteiger partial charge in [0, 0.05) is 18.7 Å². The molecule has 1 aromatic carbocycles. The zero-order valence-electron chi connectivity index (χ0n) is 10.3. The summed E-state index contributed by atoms with van der Waals surface area (Å²) in [5, 5.41) is 16.0. The van der Waals surface area contributed by atoms with Gasteiger partial charge in [0.05, 0.1) is 5.60 Å². The van der Waals surface area contributed by atoms with Gasteiger partial charge in [-0.25, -0.2) is 0 Å². The van der Waals surface area contributed by atoms with Gasteiger partial charge in [0.2, 0.25) is 5.91 Å². The Morgan fingerprint density at radius 2 is 2.22 bits per heavy atom. The van der Waals surface area contributed by atoms with Gasteiger partial charge in [-0.15, -0.1) is 0 Å². The SMILES string of the molecule is O=C(NCC1(O)CCC1)[C@@H]1Cc2ccccc2N1. The monoisotopic (exact) mass is 246 g/mol. The van der Waals surface area contributed by atoms with E-state index in [1.807, 2.05) is 24.3 Å². The second kappa shape index (κ2) is 4.28. The molecule has 3 rings (SSSR count). The number of amides is 1. The number of anilines is 1. The van der Waals surface area contributed by atoms with E-state index in [-0.39, 0.29) is 11.9 Å². The van der Waals surface area contributed by atoms with Gasteiger partial charge in [0.1, 0.15) is 6.04 Å². The van der Waals surface area contributed by atoms with Crippen LogP contribution in [-0.2, 0) is 11.2 Å². The van der Waals surface area contributed by atoms with Crippen LogP contribution < -0.4 is 10.6 Å². The maximum absolute atomic E-state index is 12.0. The first-order valence-electron chi connectivity index (χ1n) is 6.51. The van der Waals surface area contributed by atoms with Crippen molar-refractivity contribution in [3.05, 3.63) is 29.8 Å². The van der Waals surface area contributed by atoms with Gasteiger partial charge in [0.25, 0.3) is 0 Å². The highest BCUT2D eigenvalue weighted by atomic mass is 16.3. The molecule has 1 heterocycles. The summed E-state index contributed by atoms with van der Waals surface area (Å²) in [6.45, 7) is 0.375. The van der Waals surface area contributed by atoms with Crippen LogP contribution in [-0.4, -0.2) is 29.2 Å². The minimum Gasteiger partial charge on any atom is -0.388 e. The van der Waals surface area contributed by atoms with E-state index < -0.39 is 5.60 Å². The molecule has 0 bridgehead atoms. The topological polar surface area (TPSA) is 61.4 Å². The fourth-order valence-electron chi connectivity index (χ4n) is 2.59. The summed E-state index contributed by atoms with van der Waals surface area (Å²) in [6.07, 6.45) is 3.37. The van der Waals surface area contributed by atoms with Crippen LogP contribution in [0, 0.1) is 0 Å². The van der Waals surface area contributed by atoms with E-state index in [1.54, 1.807) is 0 Å². The molecule has 0 spiro atoms. The van der Waals surface area contributed by atoms with Crippen LogP contribution in [0.4, 0.5) is 5.69 Å². The molecule has 0 radical (unpaired) electrons. The standard InChI is InChI=1S/C14H18N2O2/c17-13(15-9-14(18)6-3-7-14)12-8-10-4-1-2-5-11(10)16-12/h1-2,4-5,12,16,18H,3,6-9H2,(H,15,17)/t12-/m0/s1. The van der Waals surface area contributed by atoms with Crippen LogP contribution in [0.25, 0.3) is 0 Å². The summed E-state index contributed by atoms with van der Waals surface area (Å²) in [5.74, 6) is -0.0217. The number of hydrogen-bond donors (Lipinski definition) is 3. The first kappa shape index (κ1) is 11.5. The van der Waals surface area contributed by atoms with E-state index in [9.17, 15) is 9.90 Å². The summed E-state index contributed by atoms with van der Waals surface area (Å²) >= 11 is 0. The molecule has 1 aliphatic heterocycles. The van der Waals surface area contributed by atoms with Crippen molar-refractivity contribution in [3.8, 4) is 0 Å². The van der Waals surface area contributed by atoms with E-state index in [2.05, 4.69) is 10.6 Å². The Balaban J connectivity index is 1.56. The first-order valence-corrected chi connectivity index (χ1v) is 6.51. The Kier molecular flexibility index (Phi) is 2.74. The molecule has 1 saturated carbocycles. The zero-order chi connectivity index (χ0) is 12.6. The van der Waals surface area contributed by atoms with Crippen molar-refractivity contribution in [2.75, 3.05) is 11.9 Å². The fraction of sp³-hybridized carbons (Fsp3) is 0.500. The van der Waals surface area contributed by atoms with Gasteiger partial charge >= 0.3 is 0 Å². The number of rotatable bonds is 3. The van der Waals surface area contributed by atoms with Crippen LogP contribution in [0.15, 0.2) is 24.3 Å². The van der Waals surface area contributed by atoms with Crippen LogP contribution in [0.2, 0.25) is 0 Å². The van der Waals surface area contributed by atoms with Crippen LogP contribution in [0.5, 0.6) is 0 Å². The van der Waals surface area contributed by atoms with Gasteiger partial charge in [0.15, 0.2) is 0 Å². The quantitative estimate of drug-likeness (QED) is 0.747. The van der Waals surface area contributed by atoms with Crippen LogP contribution in [0.3, 0.4) is 0 Å². The predicted octanol–water partition coefficient (Wildman–Crippen LogP) is 1.05. The molecule has 0 unspecified atom stereocenters. The maximum atomic E-state index is 12.0. The lowest BCUT2D eigenvalue weighted by molar-refractivity contribution is -0.124. The Hall–Kier alpha value is -1.55. The van der Waals surface area contributed by atoms with Gasteiger partial charge < -0.3 is 15.7 Å². The van der Waals surface area contributed by atoms with Crippen molar-refractivity contribution in [3.63, 3.8) is 0 Å². The highest BCUT2D eigenvalue weighted by Crippen LogP contribution is 2.31. The van der Waals surface area contributed by atoms with Gasteiger partial charge in [-0.1, -0.05) is 18.2 Å². The normalized spacial score (nSPS) is 23.7. The number of carbonyl (C=O) groups excluding carboxylic acids is 1. The molecular formula is C14H18N2O2. The molecular weight excluding hydrogens is 228 g/mol. The number of hydrogen-bond acceptors (Lipinski definition) is 3. The average Bonchev–Trinajstić information content (AvgIpc) is 2.77. The second-order valence-electron chi connectivity index (χ2n) is 5.35. The summed E-state index contributed by atoms with van der Waals surface area (Å²) in [5.41, 5.74) is 1.57. The molecule has 3 N–H and O–H groups in total. The lowest BCUT2D eigenvalue weighted by Crippen LogP contribution is -2.50. The van der Waals surface area contributed by atoms with Crippen LogP contribution in [0.1, 0.15) is 24.8 Å². The molecule has 1 amide bonds. The van der Waals surface area contributed by atoms with Gasteiger partial charge in [-0.05, 0) is 30.9 Å². The number of nitrogens with one attached hydrogen (secondary N) is 2. The van der Waals surface area contributed by atoms with Crippen molar-refractivity contribution in [1.29, 1.82) is 0 Å². The molecule has 2 aliphatic rings. The Bertz CT molecular complexity index is 444. The van der Waals surface area contributed by atoms with E-state index in [0.717, 1.165) is 31.4 Å². The third-order valence-electron chi connectivity index (χ3n) is 3.96. The Labute approximate surface area is 106 Å². The summed E-state index contributed by atoms with van der Waals surface area (Å²) in [6, 6.07) is 7.77. The molecule has 4 nitrogen and oxygen atoms in total. The van der Waals surface area contributed by atoms with E-state index >= 15 is 0 Å². The number of carbonyl (C=O) groups is 1. The minimum absolute atomic E-state index is 0.0217. The third-order valence-corrected chi connectivity index (χ3v) is 3.96. The Morgan fingerprint density at radius 3 is 2.89 bits per heavy atom. The summed E-state index contributed by atoms with van der Waals surface area (Å²) < 4.78 is 0. The van der Waals surface area contributed by atoms with E-state index in [0.29, 0.717) is 6.54 Å².